The lowest BCUT2D eigenvalue weighted by Gasteiger charge is -2.07. The number of hydrogen-bond donors (Lipinski definition) is 1. The Labute approximate surface area is 114 Å². The Bertz CT molecular complexity index is 522. The summed E-state index contributed by atoms with van der Waals surface area (Å²) in [4.78, 5) is 4.25. The van der Waals surface area contributed by atoms with E-state index in [1.165, 1.54) is 24.1 Å². The lowest BCUT2D eigenvalue weighted by Crippen LogP contribution is -2.14. The fraction of sp³-hybridized carbons (Fsp3) is 0.533. The molecule has 0 radical (unpaired) electrons. The van der Waals surface area contributed by atoms with Crippen molar-refractivity contribution >= 4 is 0 Å². The van der Waals surface area contributed by atoms with E-state index in [2.05, 4.69) is 44.8 Å². The lowest BCUT2D eigenvalue weighted by atomic mass is 10.3. The Kier molecular flexibility index (Phi) is 3.69. The number of imidazole rings is 1. The Hall–Kier alpha value is -1.55. The Balaban J connectivity index is 1.60. The van der Waals surface area contributed by atoms with Gasteiger partial charge in [0.05, 0.1) is 18.6 Å². The third kappa shape index (κ3) is 3.26. The molecule has 0 amide bonds. The SMILES string of the molecule is CCCn1cncc1Cn1ccc(CNC2CC2)c1. The summed E-state index contributed by atoms with van der Waals surface area (Å²) in [6.45, 7) is 5.14. The summed E-state index contributed by atoms with van der Waals surface area (Å²) in [5.41, 5.74) is 2.65. The molecule has 2 heterocycles. The molecule has 1 fully saturated rings. The van der Waals surface area contributed by atoms with Crippen molar-refractivity contribution < 1.29 is 0 Å². The molecule has 1 aliphatic carbocycles. The van der Waals surface area contributed by atoms with Crippen molar-refractivity contribution in [1.29, 1.82) is 0 Å². The van der Waals surface area contributed by atoms with Gasteiger partial charge in [-0.2, -0.15) is 0 Å². The van der Waals surface area contributed by atoms with Gasteiger partial charge in [0.2, 0.25) is 0 Å². The van der Waals surface area contributed by atoms with Crippen molar-refractivity contribution in [2.24, 2.45) is 0 Å². The minimum Gasteiger partial charge on any atom is -0.348 e. The van der Waals surface area contributed by atoms with Crippen LogP contribution in [0.5, 0.6) is 0 Å². The van der Waals surface area contributed by atoms with Gasteiger partial charge in [0.15, 0.2) is 0 Å². The normalized spacial score (nSPS) is 15.0. The van der Waals surface area contributed by atoms with Gasteiger partial charge in [-0.1, -0.05) is 6.92 Å². The van der Waals surface area contributed by atoms with Gasteiger partial charge in [0, 0.05) is 37.7 Å². The fourth-order valence-corrected chi connectivity index (χ4v) is 2.35. The molecule has 102 valence electrons. The second-order valence-corrected chi connectivity index (χ2v) is 5.43. The minimum absolute atomic E-state index is 0.773. The van der Waals surface area contributed by atoms with E-state index in [4.69, 9.17) is 0 Å². The first-order valence-corrected chi connectivity index (χ1v) is 7.22. The molecule has 0 saturated heterocycles. The van der Waals surface area contributed by atoms with E-state index in [1.807, 2.05) is 12.5 Å². The number of aromatic nitrogens is 3. The summed E-state index contributed by atoms with van der Waals surface area (Å²) in [6, 6.07) is 2.98. The lowest BCUT2D eigenvalue weighted by molar-refractivity contribution is 0.623. The highest BCUT2D eigenvalue weighted by Crippen LogP contribution is 2.19. The van der Waals surface area contributed by atoms with Gasteiger partial charge >= 0.3 is 0 Å². The predicted octanol–water partition coefficient (Wildman–Crippen LogP) is 2.39. The molecular weight excluding hydrogens is 236 g/mol. The van der Waals surface area contributed by atoms with Crippen LogP contribution in [0.2, 0.25) is 0 Å². The van der Waals surface area contributed by atoms with Crippen molar-refractivity contribution in [2.45, 2.75) is 51.9 Å². The van der Waals surface area contributed by atoms with Crippen molar-refractivity contribution in [3.8, 4) is 0 Å². The highest BCUT2D eigenvalue weighted by atomic mass is 15.1. The van der Waals surface area contributed by atoms with E-state index in [-0.39, 0.29) is 0 Å². The van der Waals surface area contributed by atoms with Crippen molar-refractivity contribution in [1.82, 2.24) is 19.4 Å². The van der Waals surface area contributed by atoms with Crippen LogP contribution in [0.15, 0.2) is 31.0 Å². The second-order valence-electron chi connectivity index (χ2n) is 5.43. The number of aryl methyl sites for hydroxylation is 1. The van der Waals surface area contributed by atoms with E-state index in [0.717, 1.165) is 32.1 Å². The summed E-state index contributed by atoms with van der Waals surface area (Å²) >= 11 is 0. The molecule has 2 aromatic rings. The smallest absolute Gasteiger partial charge is 0.0948 e. The number of nitrogens with zero attached hydrogens (tertiary/aromatic N) is 3. The van der Waals surface area contributed by atoms with Crippen molar-refractivity contribution in [3.63, 3.8) is 0 Å². The van der Waals surface area contributed by atoms with Crippen LogP contribution < -0.4 is 5.32 Å². The molecule has 4 nitrogen and oxygen atoms in total. The van der Waals surface area contributed by atoms with Gasteiger partial charge in [0.25, 0.3) is 0 Å². The zero-order chi connectivity index (χ0) is 13.1. The first kappa shape index (κ1) is 12.5. The molecule has 0 bridgehead atoms. The molecule has 0 spiro atoms. The zero-order valence-electron chi connectivity index (χ0n) is 11.5. The largest absolute Gasteiger partial charge is 0.348 e. The summed E-state index contributed by atoms with van der Waals surface area (Å²) in [6.07, 6.45) is 12.1. The van der Waals surface area contributed by atoms with E-state index < -0.39 is 0 Å². The van der Waals surface area contributed by atoms with Gasteiger partial charge in [-0.15, -0.1) is 0 Å². The van der Waals surface area contributed by atoms with Crippen LogP contribution in [0.25, 0.3) is 0 Å². The summed E-state index contributed by atoms with van der Waals surface area (Å²) in [7, 11) is 0. The third-order valence-electron chi connectivity index (χ3n) is 3.59. The van der Waals surface area contributed by atoms with Gasteiger partial charge in [-0.05, 0) is 30.9 Å². The minimum atomic E-state index is 0.773. The second kappa shape index (κ2) is 5.61. The van der Waals surface area contributed by atoms with E-state index >= 15 is 0 Å². The summed E-state index contributed by atoms with van der Waals surface area (Å²) in [5, 5.41) is 3.55. The zero-order valence-corrected chi connectivity index (χ0v) is 11.5. The van der Waals surface area contributed by atoms with Gasteiger partial charge in [0.1, 0.15) is 0 Å². The van der Waals surface area contributed by atoms with Crippen LogP contribution in [0.3, 0.4) is 0 Å². The molecular formula is C15H22N4. The first-order chi connectivity index (χ1) is 9.35. The number of hydrogen-bond acceptors (Lipinski definition) is 2. The Morgan fingerprint density at radius 3 is 3.11 bits per heavy atom. The van der Waals surface area contributed by atoms with Gasteiger partial charge in [-0.25, -0.2) is 4.98 Å². The summed E-state index contributed by atoms with van der Waals surface area (Å²) < 4.78 is 4.48. The third-order valence-corrected chi connectivity index (χ3v) is 3.59. The average molecular weight is 258 g/mol. The predicted molar refractivity (Wildman–Crippen MR) is 75.9 cm³/mol. The highest BCUT2D eigenvalue weighted by Gasteiger charge is 2.19. The van der Waals surface area contributed by atoms with Crippen LogP contribution in [0, 0.1) is 0 Å². The van der Waals surface area contributed by atoms with Crippen molar-refractivity contribution in [3.05, 3.63) is 42.2 Å². The fourth-order valence-electron chi connectivity index (χ4n) is 2.35. The Morgan fingerprint density at radius 1 is 1.42 bits per heavy atom. The average Bonchev–Trinajstić information content (AvgIpc) is 2.98. The maximum absolute atomic E-state index is 4.25. The van der Waals surface area contributed by atoms with E-state index in [9.17, 15) is 0 Å². The molecule has 4 heteroatoms. The Morgan fingerprint density at radius 2 is 2.32 bits per heavy atom. The number of nitrogens with one attached hydrogen (secondary N) is 1. The van der Waals surface area contributed by atoms with Crippen molar-refractivity contribution in [2.75, 3.05) is 0 Å². The highest BCUT2D eigenvalue weighted by molar-refractivity contribution is 5.12. The van der Waals surface area contributed by atoms with Gasteiger partial charge < -0.3 is 14.5 Å². The maximum atomic E-state index is 4.25. The first-order valence-electron chi connectivity index (χ1n) is 7.22. The number of rotatable bonds is 7. The van der Waals surface area contributed by atoms with Crippen LogP contribution in [0.1, 0.15) is 37.4 Å². The molecule has 0 aliphatic heterocycles. The molecule has 1 N–H and O–H groups in total. The molecule has 1 aliphatic rings. The molecule has 2 aromatic heterocycles. The molecule has 0 unspecified atom stereocenters. The van der Waals surface area contributed by atoms with Crippen LogP contribution in [-0.4, -0.2) is 20.2 Å². The molecule has 0 atom stereocenters. The molecule has 3 rings (SSSR count). The van der Waals surface area contributed by atoms with Crippen LogP contribution in [-0.2, 0) is 19.6 Å². The maximum Gasteiger partial charge on any atom is 0.0948 e. The topological polar surface area (TPSA) is 34.8 Å². The van der Waals surface area contributed by atoms with Crippen LogP contribution >= 0.6 is 0 Å². The summed E-state index contributed by atoms with van der Waals surface area (Å²) in [5.74, 6) is 0. The van der Waals surface area contributed by atoms with Gasteiger partial charge in [-0.3, -0.25) is 0 Å². The standard InChI is InChI=1S/C15H22N4/c1-2-6-19-12-16-9-15(19)11-18-7-5-13(10-18)8-17-14-3-4-14/h5,7,9-10,12,14,17H,2-4,6,8,11H2,1H3. The molecule has 1 saturated carbocycles. The molecule has 19 heavy (non-hydrogen) atoms. The van der Waals surface area contributed by atoms with E-state index in [0.29, 0.717) is 0 Å². The van der Waals surface area contributed by atoms with E-state index in [1.54, 1.807) is 0 Å². The monoisotopic (exact) mass is 258 g/mol. The molecule has 0 aromatic carbocycles. The van der Waals surface area contributed by atoms with Crippen LogP contribution in [0.4, 0.5) is 0 Å². The quantitative estimate of drug-likeness (QED) is 0.827.